The van der Waals surface area contributed by atoms with Gasteiger partial charge in [-0.15, -0.1) is 0 Å². The zero-order valence-corrected chi connectivity index (χ0v) is 8.90. The summed E-state index contributed by atoms with van der Waals surface area (Å²) in [6.07, 6.45) is -5.98. The molecule has 1 saturated heterocycles. The Labute approximate surface area is 90.6 Å². The number of nitrogens with two attached hydrogens (primary N) is 1. The number of hydrogen-bond acceptors (Lipinski definition) is 9. The van der Waals surface area contributed by atoms with Gasteiger partial charge in [0.1, 0.15) is 18.3 Å². The second-order valence-electron chi connectivity index (χ2n) is 3.37. The lowest BCUT2D eigenvalue weighted by Gasteiger charge is -2.40. The lowest BCUT2D eigenvalue weighted by molar-refractivity contribution is -0.345. The first-order valence-electron chi connectivity index (χ1n) is 4.34. The molecular weight excluding hydrogens is 245 g/mol. The summed E-state index contributed by atoms with van der Waals surface area (Å²) >= 11 is 0. The largest absolute Gasteiger partial charge is 0.790 e. The molecule has 1 aliphatic heterocycles. The zero-order chi connectivity index (χ0) is 12.5. The average molecular weight is 257 g/mol. The molecule has 0 aromatic rings. The maximum Gasteiger partial charge on any atom is 0.173 e. The van der Waals surface area contributed by atoms with E-state index >= 15 is 0 Å². The Bertz CT molecular complexity index is 282. The van der Waals surface area contributed by atoms with E-state index in [4.69, 9.17) is 10.8 Å². The highest BCUT2D eigenvalue weighted by Crippen LogP contribution is 2.27. The Morgan fingerprint density at radius 3 is 2.38 bits per heavy atom. The first kappa shape index (κ1) is 14.0. The molecule has 1 heterocycles. The summed E-state index contributed by atoms with van der Waals surface area (Å²) in [7, 11) is -5.20. The molecule has 0 radical (unpaired) electrons. The van der Waals surface area contributed by atoms with Gasteiger partial charge in [0.05, 0.1) is 20.5 Å². The second kappa shape index (κ2) is 5.05. The van der Waals surface area contributed by atoms with Crippen molar-refractivity contribution in [3.63, 3.8) is 0 Å². The van der Waals surface area contributed by atoms with Gasteiger partial charge in [0.15, 0.2) is 6.29 Å². The number of rotatable bonds is 3. The SMILES string of the molecule is N[C@H]1C(O)O[C@H](COP(=O)([O-])[O-])[C@@H](O)[C@@H]1O. The molecule has 16 heavy (non-hydrogen) atoms. The molecule has 10 heteroatoms. The van der Waals surface area contributed by atoms with Crippen LogP contribution >= 0.6 is 7.82 Å². The molecular formula is C6H12NO8P-2. The van der Waals surface area contributed by atoms with Gasteiger partial charge >= 0.3 is 0 Å². The Hall–Kier alpha value is -0.0900. The Kier molecular flexibility index (Phi) is 4.41. The second-order valence-corrected chi connectivity index (χ2v) is 4.52. The van der Waals surface area contributed by atoms with E-state index in [2.05, 4.69) is 9.26 Å². The van der Waals surface area contributed by atoms with Crippen molar-refractivity contribution in [2.45, 2.75) is 30.6 Å². The van der Waals surface area contributed by atoms with Crippen molar-refractivity contribution in [3.05, 3.63) is 0 Å². The highest BCUT2D eigenvalue weighted by atomic mass is 31.2. The first-order valence-corrected chi connectivity index (χ1v) is 5.80. The monoisotopic (exact) mass is 257 g/mol. The lowest BCUT2D eigenvalue weighted by Crippen LogP contribution is -2.62. The van der Waals surface area contributed by atoms with E-state index in [1.54, 1.807) is 0 Å². The van der Waals surface area contributed by atoms with E-state index in [0.29, 0.717) is 0 Å². The van der Waals surface area contributed by atoms with Crippen molar-refractivity contribution in [3.8, 4) is 0 Å². The standard InChI is InChI=1S/C6H14NO8P/c7-3-5(9)4(8)2(15-6(3)10)1-14-16(11,12)13/h2-6,8-10H,1,7H2,(H2,11,12,13)/p-2/t2-,3-,4-,5-,6?/m1/s1. The van der Waals surface area contributed by atoms with Gasteiger partial charge in [0.25, 0.3) is 0 Å². The zero-order valence-electron chi connectivity index (χ0n) is 8.00. The van der Waals surface area contributed by atoms with Crippen LogP contribution in [0.5, 0.6) is 0 Å². The molecule has 5 N–H and O–H groups in total. The summed E-state index contributed by atoms with van der Waals surface area (Å²) in [5, 5.41) is 27.9. The van der Waals surface area contributed by atoms with E-state index in [9.17, 15) is 24.6 Å². The quantitative estimate of drug-likeness (QED) is 0.364. The minimum atomic E-state index is -5.20. The van der Waals surface area contributed by atoms with Crippen LogP contribution in [0.25, 0.3) is 0 Å². The van der Waals surface area contributed by atoms with Crippen LogP contribution in [0.3, 0.4) is 0 Å². The predicted molar refractivity (Wildman–Crippen MR) is 44.4 cm³/mol. The van der Waals surface area contributed by atoms with Crippen LogP contribution in [0.4, 0.5) is 0 Å². The predicted octanol–water partition coefficient (Wildman–Crippen LogP) is -4.40. The molecule has 96 valence electrons. The van der Waals surface area contributed by atoms with Crippen molar-refractivity contribution in [1.29, 1.82) is 0 Å². The molecule has 0 aliphatic carbocycles. The van der Waals surface area contributed by atoms with Gasteiger partial charge < -0.3 is 44.7 Å². The molecule has 0 aromatic carbocycles. The maximum atomic E-state index is 10.2. The van der Waals surface area contributed by atoms with E-state index in [0.717, 1.165) is 0 Å². The fourth-order valence-corrected chi connectivity index (χ4v) is 1.60. The summed E-state index contributed by atoms with van der Waals surface area (Å²) in [6.45, 7) is -0.799. The Morgan fingerprint density at radius 2 is 1.88 bits per heavy atom. The van der Waals surface area contributed by atoms with Crippen LogP contribution in [0.2, 0.25) is 0 Å². The topological polar surface area (TPSA) is 168 Å². The highest BCUT2D eigenvalue weighted by Gasteiger charge is 2.42. The number of aliphatic hydroxyl groups is 3. The third-order valence-electron chi connectivity index (χ3n) is 2.17. The summed E-state index contributed by atoms with van der Waals surface area (Å²) in [5.74, 6) is 0. The fourth-order valence-electron chi connectivity index (χ4n) is 1.27. The van der Waals surface area contributed by atoms with Crippen LogP contribution in [-0.4, -0.2) is 52.6 Å². The van der Waals surface area contributed by atoms with Crippen molar-refractivity contribution in [2.75, 3.05) is 6.61 Å². The smallest absolute Gasteiger partial charge is 0.173 e. The van der Waals surface area contributed by atoms with Gasteiger partial charge in [-0.05, 0) is 0 Å². The molecule has 1 aliphatic rings. The van der Waals surface area contributed by atoms with E-state index in [-0.39, 0.29) is 0 Å². The van der Waals surface area contributed by atoms with Gasteiger partial charge in [-0.3, -0.25) is 0 Å². The minimum Gasteiger partial charge on any atom is -0.790 e. The van der Waals surface area contributed by atoms with E-state index in [1.807, 2.05) is 0 Å². The van der Waals surface area contributed by atoms with Crippen molar-refractivity contribution < 1.29 is 38.9 Å². The van der Waals surface area contributed by atoms with Gasteiger partial charge in [0, 0.05) is 0 Å². The lowest BCUT2D eigenvalue weighted by atomic mass is 9.98. The number of ether oxygens (including phenoxy) is 1. The Morgan fingerprint density at radius 1 is 1.31 bits per heavy atom. The average Bonchev–Trinajstić information content (AvgIpc) is 2.17. The van der Waals surface area contributed by atoms with Crippen LogP contribution in [0.15, 0.2) is 0 Å². The van der Waals surface area contributed by atoms with Crippen LogP contribution in [0, 0.1) is 0 Å². The van der Waals surface area contributed by atoms with Crippen molar-refractivity contribution in [1.82, 2.24) is 0 Å². The molecule has 9 nitrogen and oxygen atoms in total. The molecule has 1 rings (SSSR count). The minimum absolute atomic E-state index is 0.799. The fraction of sp³-hybridized carbons (Fsp3) is 1.00. The molecule has 0 bridgehead atoms. The van der Waals surface area contributed by atoms with E-state index in [1.165, 1.54) is 0 Å². The Balaban J connectivity index is 2.57. The number of phosphoric ester groups is 1. The van der Waals surface area contributed by atoms with Gasteiger partial charge in [-0.2, -0.15) is 0 Å². The number of aliphatic hydroxyl groups excluding tert-OH is 3. The van der Waals surface area contributed by atoms with Gasteiger partial charge in [-0.25, -0.2) is 0 Å². The third kappa shape index (κ3) is 3.45. The molecule has 0 spiro atoms. The van der Waals surface area contributed by atoms with Crippen LogP contribution in [-0.2, 0) is 13.8 Å². The first-order chi connectivity index (χ1) is 7.22. The van der Waals surface area contributed by atoms with Crippen molar-refractivity contribution in [2.24, 2.45) is 5.73 Å². The highest BCUT2D eigenvalue weighted by molar-refractivity contribution is 7.43. The van der Waals surface area contributed by atoms with E-state index < -0.39 is 45.1 Å². The molecule has 5 atom stereocenters. The molecule has 1 fully saturated rings. The normalized spacial score (nSPS) is 41.0. The number of phosphoric acid groups is 1. The molecule has 1 unspecified atom stereocenters. The van der Waals surface area contributed by atoms with Crippen molar-refractivity contribution >= 4 is 7.82 Å². The van der Waals surface area contributed by atoms with Gasteiger partial charge in [0.2, 0.25) is 0 Å². The van der Waals surface area contributed by atoms with Crippen LogP contribution in [0.1, 0.15) is 0 Å². The summed E-state index contributed by atoms with van der Waals surface area (Å²) < 4.78 is 18.7. The van der Waals surface area contributed by atoms with Crippen LogP contribution < -0.4 is 15.5 Å². The summed E-state index contributed by atoms with van der Waals surface area (Å²) in [4.78, 5) is 20.3. The number of hydrogen-bond donors (Lipinski definition) is 4. The maximum absolute atomic E-state index is 10.2. The summed E-state index contributed by atoms with van der Waals surface area (Å²) in [6, 6.07) is -1.22. The van der Waals surface area contributed by atoms with Gasteiger partial charge in [-0.1, -0.05) is 0 Å². The summed E-state index contributed by atoms with van der Waals surface area (Å²) in [5.41, 5.74) is 5.25. The third-order valence-corrected chi connectivity index (χ3v) is 2.63. The molecule has 0 saturated carbocycles. The molecule has 0 amide bonds. The molecule has 0 aromatic heterocycles.